The number of nitrogens with zero attached hydrogens (tertiary/aromatic N) is 2. The van der Waals surface area contributed by atoms with Crippen molar-refractivity contribution in [2.75, 3.05) is 19.8 Å². The lowest BCUT2D eigenvalue weighted by atomic mass is 9.92. The third kappa shape index (κ3) is 2.77. The van der Waals surface area contributed by atoms with Crippen LogP contribution in [0.25, 0.3) is 0 Å². The molecule has 1 aliphatic heterocycles. The van der Waals surface area contributed by atoms with Crippen molar-refractivity contribution in [1.82, 2.24) is 10.2 Å². The average molecular weight is 307 g/mol. The molecular formula is C14H17N3O5. The quantitative estimate of drug-likeness (QED) is 0.370. The van der Waals surface area contributed by atoms with E-state index < -0.39 is 22.4 Å². The Labute approximate surface area is 127 Å². The fourth-order valence-electron chi connectivity index (χ4n) is 2.31. The maximum Gasteiger partial charge on any atom is 0.325 e. The van der Waals surface area contributed by atoms with Crippen molar-refractivity contribution in [2.24, 2.45) is 0 Å². The maximum absolute atomic E-state index is 12.5. The molecule has 8 heteroatoms. The lowest BCUT2D eigenvalue weighted by Gasteiger charge is -2.22. The Hall–Kier alpha value is -2.48. The first-order valence-electron chi connectivity index (χ1n) is 6.87. The third-order valence-corrected chi connectivity index (χ3v) is 3.59. The number of carbonyl (C=O) groups is 2. The fraction of sp³-hybridized carbons (Fsp3) is 0.429. The zero-order chi connectivity index (χ0) is 16.3. The molecule has 2 rings (SSSR count). The second-order valence-electron chi connectivity index (χ2n) is 5.01. The number of ether oxygens (including phenoxy) is 1. The molecule has 3 amide bonds. The number of non-ortho nitro benzene ring substituents is 1. The highest BCUT2D eigenvalue weighted by molar-refractivity contribution is 6.07. The van der Waals surface area contributed by atoms with Gasteiger partial charge < -0.3 is 10.1 Å². The summed E-state index contributed by atoms with van der Waals surface area (Å²) in [5.74, 6) is -0.397. The standard InChI is InChI=1S/C14H17N3O5/c1-3-22-9-8-16-12(18)14(2,15-13(16)19)10-4-6-11(7-5-10)17(20)21/h4-7H,3,8-9H2,1-2H3,(H,15,19)/t14-/m0/s1. The number of amides is 3. The molecule has 0 saturated carbocycles. The van der Waals surface area contributed by atoms with Crippen molar-refractivity contribution in [3.05, 3.63) is 39.9 Å². The topological polar surface area (TPSA) is 102 Å². The molecular weight excluding hydrogens is 290 g/mol. The summed E-state index contributed by atoms with van der Waals surface area (Å²) in [6.45, 7) is 4.35. The van der Waals surface area contributed by atoms with Gasteiger partial charge in [-0.25, -0.2) is 4.79 Å². The fourth-order valence-corrected chi connectivity index (χ4v) is 2.31. The van der Waals surface area contributed by atoms with Crippen molar-refractivity contribution in [2.45, 2.75) is 19.4 Å². The van der Waals surface area contributed by atoms with Gasteiger partial charge in [0.25, 0.3) is 11.6 Å². The average Bonchev–Trinajstić information content (AvgIpc) is 2.71. The van der Waals surface area contributed by atoms with Crippen LogP contribution < -0.4 is 5.32 Å². The van der Waals surface area contributed by atoms with Crippen LogP contribution in [-0.4, -0.2) is 41.5 Å². The number of hydrogen-bond donors (Lipinski definition) is 1. The number of imide groups is 1. The van der Waals surface area contributed by atoms with Gasteiger partial charge in [-0.2, -0.15) is 0 Å². The van der Waals surface area contributed by atoms with Crippen LogP contribution in [0, 0.1) is 10.1 Å². The van der Waals surface area contributed by atoms with Gasteiger partial charge in [-0.1, -0.05) is 0 Å². The molecule has 1 atom stereocenters. The molecule has 0 unspecified atom stereocenters. The molecule has 1 aromatic carbocycles. The second kappa shape index (κ2) is 6.10. The molecule has 0 radical (unpaired) electrons. The van der Waals surface area contributed by atoms with Crippen LogP contribution in [0.3, 0.4) is 0 Å². The largest absolute Gasteiger partial charge is 0.380 e. The van der Waals surface area contributed by atoms with E-state index in [0.29, 0.717) is 12.2 Å². The van der Waals surface area contributed by atoms with Crippen LogP contribution in [0.5, 0.6) is 0 Å². The molecule has 1 aromatic rings. The molecule has 1 fully saturated rings. The van der Waals surface area contributed by atoms with E-state index in [1.54, 1.807) is 6.92 Å². The van der Waals surface area contributed by atoms with Crippen molar-refractivity contribution in [3.8, 4) is 0 Å². The molecule has 1 saturated heterocycles. The summed E-state index contributed by atoms with van der Waals surface area (Å²) >= 11 is 0. The van der Waals surface area contributed by atoms with Gasteiger partial charge >= 0.3 is 6.03 Å². The minimum atomic E-state index is -1.22. The maximum atomic E-state index is 12.5. The number of benzene rings is 1. The molecule has 118 valence electrons. The Kier molecular flexibility index (Phi) is 4.41. The highest BCUT2D eigenvalue weighted by Crippen LogP contribution is 2.29. The van der Waals surface area contributed by atoms with Gasteiger partial charge in [0.15, 0.2) is 0 Å². The van der Waals surface area contributed by atoms with Gasteiger partial charge in [-0.05, 0) is 31.5 Å². The number of nitro groups is 1. The Morgan fingerprint density at radius 3 is 2.50 bits per heavy atom. The smallest absolute Gasteiger partial charge is 0.325 e. The van der Waals surface area contributed by atoms with Crippen LogP contribution in [0.4, 0.5) is 10.5 Å². The van der Waals surface area contributed by atoms with Crippen molar-refractivity contribution >= 4 is 17.6 Å². The molecule has 0 aromatic heterocycles. The second-order valence-corrected chi connectivity index (χ2v) is 5.01. The number of nitro benzene ring substituents is 1. The van der Waals surface area contributed by atoms with Gasteiger partial charge in [0.1, 0.15) is 5.54 Å². The monoisotopic (exact) mass is 307 g/mol. The highest BCUT2D eigenvalue weighted by atomic mass is 16.6. The van der Waals surface area contributed by atoms with Crippen LogP contribution in [0.1, 0.15) is 19.4 Å². The van der Waals surface area contributed by atoms with E-state index in [-0.39, 0.29) is 18.8 Å². The first kappa shape index (κ1) is 15.9. The van der Waals surface area contributed by atoms with Crippen LogP contribution >= 0.6 is 0 Å². The zero-order valence-corrected chi connectivity index (χ0v) is 12.4. The summed E-state index contributed by atoms with van der Waals surface area (Å²) in [4.78, 5) is 35.7. The Balaban J connectivity index is 2.21. The zero-order valence-electron chi connectivity index (χ0n) is 12.4. The number of rotatable bonds is 6. The molecule has 1 aliphatic rings. The van der Waals surface area contributed by atoms with Crippen LogP contribution in [0.15, 0.2) is 24.3 Å². The summed E-state index contributed by atoms with van der Waals surface area (Å²) in [7, 11) is 0. The predicted molar refractivity (Wildman–Crippen MR) is 77.2 cm³/mol. The normalized spacial score (nSPS) is 21.1. The minimum Gasteiger partial charge on any atom is -0.380 e. The Morgan fingerprint density at radius 1 is 1.32 bits per heavy atom. The summed E-state index contributed by atoms with van der Waals surface area (Å²) in [6.07, 6.45) is 0. The highest BCUT2D eigenvalue weighted by Gasteiger charge is 2.48. The van der Waals surface area contributed by atoms with Crippen molar-refractivity contribution < 1.29 is 19.2 Å². The van der Waals surface area contributed by atoms with Crippen molar-refractivity contribution in [1.29, 1.82) is 0 Å². The first-order valence-corrected chi connectivity index (χ1v) is 6.87. The van der Waals surface area contributed by atoms with E-state index in [0.717, 1.165) is 4.90 Å². The number of hydrogen-bond acceptors (Lipinski definition) is 5. The lowest BCUT2D eigenvalue weighted by molar-refractivity contribution is -0.384. The number of urea groups is 1. The minimum absolute atomic E-state index is 0.0719. The van der Waals surface area contributed by atoms with Gasteiger partial charge in [-0.3, -0.25) is 19.8 Å². The van der Waals surface area contributed by atoms with E-state index in [4.69, 9.17) is 4.74 Å². The molecule has 0 aliphatic carbocycles. The van der Waals surface area contributed by atoms with Crippen LogP contribution in [-0.2, 0) is 15.1 Å². The van der Waals surface area contributed by atoms with Gasteiger partial charge in [0.2, 0.25) is 0 Å². The van der Waals surface area contributed by atoms with Crippen molar-refractivity contribution in [3.63, 3.8) is 0 Å². The lowest BCUT2D eigenvalue weighted by Crippen LogP contribution is -2.41. The van der Waals surface area contributed by atoms with E-state index in [1.165, 1.54) is 24.3 Å². The summed E-state index contributed by atoms with van der Waals surface area (Å²) < 4.78 is 5.16. The SMILES string of the molecule is CCOCCN1C(=O)N[C@@](C)(c2ccc([N+](=O)[O-])cc2)C1=O. The molecule has 1 N–H and O–H groups in total. The van der Waals surface area contributed by atoms with Gasteiger partial charge in [-0.15, -0.1) is 0 Å². The Morgan fingerprint density at radius 2 is 1.95 bits per heavy atom. The number of nitrogens with one attached hydrogen (secondary N) is 1. The summed E-state index contributed by atoms with van der Waals surface area (Å²) in [5, 5.41) is 13.3. The molecule has 1 heterocycles. The van der Waals surface area contributed by atoms with E-state index in [9.17, 15) is 19.7 Å². The summed E-state index contributed by atoms with van der Waals surface area (Å²) in [5.41, 5.74) is -0.800. The van der Waals surface area contributed by atoms with Gasteiger partial charge in [0.05, 0.1) is 18.1 Å². The Bertz CT molecular complexity index is 601. The first-order chi connectivity index (χ1) is 10.4. The molecule has 8 nitrogen and oxygen atoms in total. The molecule has 22 heavy (non-hydrogen) atoms. The summed E-state index contributed by atoms with van der Waals surface area (Å²) in [6, 6.07) is 5.07. The third-order valence-electron chi connectivity index (χ3n) is 3.59. The van der Waals surface area contributed by atoms with Gasteiger partial charge in [0, 0.05) is 18.7 Å². The van der Waals surface area contributed by atoms with Crippen LogP contribution in [0.2, 0.25) is 0 Å². The molecule has 0 spiro atoms. The van der Waals surface area contributed by atoms with E-state index in [2.05, 4.69) is 5.32 Å². The predicted octanol–water partition coefficient (Wildman–Crippen LogP) is 1.40. The van der Waals surface area contributed by atoms with E-state index in [1.807, 2.05) is 6.92 Å². The molecule has 0 bridgehead atoms. The van der Waals surface area contributed by atoms with E-state index >= 15 is 0 Å². The number of carbonyl (C=O) groups excluding carboxylic acids is 2.